The molecule has 5 nitrogen and oxygen atoms in total. The first-order valence-electron chi connectivity index (χ1n) is 5.65. The van der Waals surface area contributed by atoms with Crippen LogP contribution in [0, 0.1) is 0 Å². The van der Waals surface area contributed by atoms with Gasteiger partial charge in [-0.1, -0.05) is 0 Å². The van der Waals surface area contributed by atoms with E-state index in [4.69, 9.17) is 0 Å². The van der Waals surface area contributed by atoms with E-state index in [1.807, 2.05) is 0 Å². The summed E-state index contributed by atoms with van der Waals surface area (Å²) in [5, 5.41) is 18.7. The number of hydrogen-bond acceptors (Lipinski definition) is 3. The highest BCUT2D eigenvalue weighted by Crippen LogP contribution is 2.21. The predicted octanol–water partition coefficient (Wildman–Crippen LogP) is 0.228. The summed E-state index contributed by atoms with van der Waals surface area (Å²) in [6.07, 6.45) is -5.37. The second-order valence-electron chi connectivity index (χ2n) is 4.48. The molecule has 8 heteroatoms. The van der Waals surface area contributed by atoms with Gasteiger partial charge in [0.25, 0.3) is 5.91 Å². The Labute approximate surface area is 106 Å². The maximum absolute atomic E-state index is 12.3. The van der Waals surface area contributed by atoms with Crippen LogP contribution in [0.25, 0.3) is 0 Å². The maximum atomic E-state index is 12.3. The third-order valence-corrected chi connectivity index (χ3v) is 2.94. The predicted molar refractivity (Wildman–Crippen MR) is 58.4 cm³/mol. The van der Waals surface area contributed by atoms with E-state index in [9.17, 15) is 28.2 Å². The Kier molecular flexibility index (Phi) is 3.55. The molecule has 2 heterocycles. The van der Waals surface area contributed by atoms with Gasteiger partial charge in [-0.15, -0.1) is 0 Å². The smallest absolute Gasteiger partial charge is 0.388 e. The fourth-order valence-corrected chi connectivity index (χ4v) is 2.04. The number of aliphatic hydroxyl groups is 2. The molecule has 2 atom stereocenters. The van der Waals surface area contributed by atoms with E-state index in [1.54, 1.807) is 0 Å². The molecule has 0 unspecified atom stereocenters. The van der Waals surface area contributed by atoms with E-state index < -0.39 is 30.8 Å². The molecular weight excluding hydrogens is 265 g/mol. The summed E-state index contributed by atoms with van der Waals surface area (Å²) in [4.78, 5) is 13.2. The standard InChI is InChI=1S/C11H13F3N2O3/c12-11(13,14)6-15-3-1-2-7(15)10(19)16-4-8(17)9(18)5-16/h1-3,8-9,17-18H,4-6H2/t8-,9+. The first-order valence-corrected chi connectivity index (χ1v) is 5.65. The molecule has 106 valence electrons. The van der Waals surface area contributed by atoms with Crippen molar-refractivity contribution in [1.29, 1.82) is 0 Å². The quantitative estimate of drug-likeness (QED) is 0.814. The number of aliphatic hydroxyl groups excluding tert-OH is 2. The lowest BCUT2D eigenvalue weighted by atomic mass is 10.3. The second-order valence-corrected chi connectivity index (χ2v) is 4.48. The highest BCUT2D eigenvalue weighted by Gasteiger charge is 2.35. The van der Waals surface area contributed by atoms with Gasteiger partial charge in [-0.2, -0.15) is 13.2 Å². The fourth-order valence-electron chi connectivity index (χ4n) is 2.04. The molecule has 1 aromatic rings. The summed E-state index contributed by atoms with van der Waals surface area (Å²) >= 11 is 0. The summed E-state index contributed by atoms with van der Waals surface area (Å²) in [6.45, 7) is -1.42. The first-order chi connectivity index (χ1) is 8.78. The van der Waals surface area contributed by atoms with Crippen LogP contribution in [0.3, 0.4) is 0 Å². The van der Waals surface area contributed by atoms with Crippen molar-refractivity contribution in [2.24, 2.45) is 0 Å². The average molecular weight is 278 g/mol. The second kappa shape index (κ2) is 4.86. The molecular formula is C11H13F3N2O3. The fraction of sp³-hybridized carbons (Fsp3) is 0.545. The van der Waals surface area contributed by atoms with E-state index in [-0.39, 0.29) is 18.8 Å². The van der Waals surface area contributed by atoms with E-state index in [2.05, 4.69) is 0 Å². The lowest BCUT2D eigenvalue weighted by Gasteiger charge is -2.17. The van der Waals surface area contributed by atoms with Crippen molar-refractivity contribution in [3.8, 4) is 0 Å². The van der Waals surface area contributed by atoms with Gasteiger partial charge in [-0.3, -0.25) is 4.79 Å². The van der Waals surface area contributed by atoms with Gasteiger partial charge in [0.1, 0.15) is 12.2 Å². The number of likely N-dealkylation sites (tertiary alicyclic amines) is 1. The third-order valence-electron chi connectivity index (χ3n) is 2.94. The minimum atomic E-state index is -4.42. The van der Waals surface area contributed by atoms with Gasteiger partial charge in [0, 0.05) is 19.3 Å². The Morgan fingerprint density at radius 2 is 1.89 bits per heavy atom. The minimum Gasteiger partial charge on any atom is -0.388 e. The van der Waals surface area contributed by atoms with E-state index in [1.165, 1.54) is 18.3 Å². The van der Waals surface area contributed by atoms with E-state index in [0.717, 1.165) is 9.47 Å². The Hall–Kier alpha value is -1.54. The summed E-state index contributed by atoms with van der Waals surface area (Å²) in [6, 6.07) is 2.63. The Morgan fingerprint density at radius 3 is 2.42 bits per heavy atom. The monoisotopic (exact) mass is 278 g/mol. The highest BCUT2D eigenvalue weighted by atomic mass is 19.4. The zero-order chi connectivity index (χ0) is 14.2. The molecule has 0 saturated carbocycles. The molecule has 0 radical (unpaired) electrons. The van der Waals surface area contributed by atoms with E-state index >= 15 is 0 Å². The Morgan fingerprint density at radius 1 is 1.32 bits per heavy atom. The van der Waals surface area contributed by atoms with Crippen LogP contribution >= 0.6 is 0 Å². The van der Waals surface area contributed by atoms with Crippen molar-refractivity contribution in [2.45, 2.75) is 24.9 Å². The minimum absolute atomic E-state index is 0.0861. The van der Waals surface area contributed by atoms with Crippen molar-refractivity contribution >= 4 is 5.91 Å². The van der Waals surface area contributed by atoms with Gasteiger partial charge in [0.15, 0.2) is 0 Å². The molecule has 1 aliphatic rings. The molecule has 1 aromatic heterocycles. The zero-order valence-electron chi connectivity index (χ0n) is 9.84. The molecule has 0 aromatic carbocycles. The van der Waals surface area contributed by atoms with Gasteiger partial charge < -0.3 is 19.7 Å². The molecule has 0 spiro atoms. The van der Waals surface area contributed by atoms with Gasteiger partial charge in [-0.05, 0) is 12.1 Å². The summed E-state index contributed by atoms with van der Waals surface area (Å²) in [5.74, 6) is -0.634. The maximum Gasteiger partial charge on any atom is 0.406 e. The number of halogens is 3. The van der Waals surface area contributed by atoms with Crippen molar-refractivity contribution in [2.75, 3.05) is 13.1 Å². The lowest BCUT2D eigenvalue weighted by Crippen LogP contribution is -2.32. The van der Waals surface area contributed by atoms with Crippen molar-refractivity contribution in [3.05, 3.63) is 24.0 Å². The number of amides is 1. The number of alkyl halides is 3. The highest BCUT2D eigenvalue weighted by molar-refractivity contribution is 5.93. The van der Waals surface area contributed by atoms with Crippen LogP contribution in [0.1, 0.15) is 10.5 Å². The van der Waals surface area contributed by atoms with Gasteiger partial charge in [0.2, 0.25) is 0 Å². The van der Waals surface area contributed by atoms with Crippen LogP contribution in [0.5, 0.6) is 0 Å². The number of rotatable bonds is 2. The topological polar surface area (TPSA) is 65.7 Å². The summed E-state index contributed by atoms with van der Waals surface area (Å²) in [7, 11) is 0. The van der Waals surface area contributed by atoms with E-state index in [0.29, 0.717) is 0 Å². The van der Waals surface area contributed by atoms with Gasteiger partial charge in [-0.25, -0.2) is 0 Å². The van der Waals surface area contributed by atoms with Crippen LogP contribution in [-0.2, 0) is 6.54 Å². The van der Waals surface area contributed by atoms with Crippen LogP contribution in [-0.4, -0.2) is 57.1 Å². The van der Waals surface area contributed by atoms with Crippen LogP contribution in [0.15, 0.2) is 18.3 Å². The van der Waals surface area contributed by atoms with Gasteiger partial charge in [0.05, 0.1) is 12.2 Å². The van der Waals surface area contributed by atoms with Crippen LogP contribution < -0.4 is 0 Å². The molecule has 2 rings (SSSR count). The lowest BCUT2D eigenvalue weighted by molar-refractivity contribution is -0.140. The molecule has 1 amide bonds. The molecule has 0 aliphatic carbocycles. The van der Waals surface area contributed by atoms with Crippen LogP contribution in [0.4, 0.5) is 13.2 Å². The summed E-state index contributed by atoms with van der Waals surface area (Å²) in [5.41, 5.74) is -0.112. The number of nitrogens with zero attached hydrogens (tertiary/aromatic N) is 2. The number of carbonyl (C=O) groups excluding carboxylic acids is 1. The molecule has 1 fully saturated rings. The Balaban J connectivity index is 2.14. The molecule has 1 saturated heterocycles. The van der Waals surface area contributed by atoms with Crippen molar-refractivity contribution in [1.82, 2.24) is 9.47 Å². The molecule has 2 N–H and O–H groups in total. The van der Waals surface area contributed by atoms with Crippen LogP contribution in [0.2, 0.25) is 0 Å². The number of aromatic nitrogens is 1. The molecule has 0 bridgehead atoms. The van der Waals surface area contributed by atoms with Gasteiger partial charge >= 0.3 is 6.18 Å². The number of hydrogen-bond donors (Lipinski definition) is 2. The molecule has 19 heavy (non-hydrogen) atoms. The van der Waals surface area contributed by atoms with Crippen molar-refractivity contribution < 1.29 is 28.2 Å². The van der Waals surface area contributed by atoms with Crippen molar-refractivity contribution in [3.63, 3.8) is 0 Å². The first kappa shape index (κ1) is 13.9. The third kappa shape index (κ3) is 3.07. The number of β-amino-alcohol motifs (C(OH)–C–C–N with tert-alkyl or cyclic N) is 2. The molecule has 1 aliphatic heterocycles. The SMILES string of the molecule is O=C(c1cccn1CC(F)(F)F)N1C[C@@H](O)[C@@H](O)C1. The average Bonchev–Trinajstić information content (AvgIpc) is 2.84. The zero-order valence-corrected chi connectivity index (χ0v) is 9.84. The number of carbonyl (C=O) groups is 1. The Bertz CT molecular complexity index is 462. The largest absolute Gasteiger partial charge is 0.406 e. The normalized spacial score (nSPS) is 23.9. The summed E-state index contributed by atoms with van der Waals surface area (Å²) < 4.78 is 37.8.